The molecule has 3 rings (SSSR count). The maximum absolute atomic E-state index is 12.8. The van der Waals surface area contributed by atoms with Gasteiger partial charge >= 0.3 is 0 Å². The molecule has 0 spiro atoms. The Labute approximate surface area is 139 Å². The SMILES string of the molecule is CNC(=S)N1CCCN1C(=O)c1nn(-c2ccccc2)nc1C. The molecule has 1 aromatic carbocycles. The Morgan fingerprint density at radius 2 is 1.87 bits per heavy atom. The molecule has 0 radical (unpaired) electrons. The summed E-state index contributed by atoms with van der Waals surface area (Å²) in [5.41, 5.74) is 1.76. The topological polar surface area (TPSA) is 66.3 Å². The minimum Gasteiger partial charge on any atom is -0.364 e. The molecule has 1 aromatic heterocycles. The van der Waals surface area contributed by atoms with Crippen molar-refractivity contribution in [2.24, 2.45) is 0 Å². The second-order valence-corrected chi connectivity index (χ2v) is 5.61. The number of aryl methyl sites for hydroxylation is 1. The van der Waals surface area contributed by atoms with Crippen LogP contribution in [0.1, 0.15) is 22.6 Å². The predicted octanol–water partition coefficient (Wildman–Crippen LogP) is 1.14. The van der Waals surface area contributed by atoms with E-state index < -0.39 is 0 Å². The maximum Gasteiger partial charge on any atom is 0.294 e. The van der Waals surface area contributed by atoms with Crippen LogP contribution in [0.2, 0.25) is 0 Å². The summed E-state index contributed by atoms with van der Waals surface area (Å²) < 4.78 is 0. The highest BCUT2D eigenvalue weighted by Gasteiger charge is 2.31. The normalized spacial score (nSPS) is 14.2. The molecule has 23 heavy (non-hydrogen) atoms. The number of para-hydroxylation sites is 1. The van der Waals surface area contributed by atoms with Crippen LogP contribution >= 0.6 is 12.2 Å². The summed E-state index contributed by atoms with van der Waals surface area (Å²) in [5.74, 6) is -0.181. The summed E-state index contributed by atoms with van der Waals surface area (Å²) in [4.78, 5) is 14.3. The van der Waals surface area contributed by atoms with Gasteiger partial charge in [0.1, 0.15) is 0 Å². The first-order chi connectivity index (χ1) is 11.1. The van der Waals surface area contributed by atoms with Crippen LogP contribution in [0.25, 0.3) is 5.69 Å². The Balaban J connectivity index is 1.88. The highest BCUT2D eigenvalue weighted by atomic mass is 32.1. The molecule has 1 amide bonds. The second-order valence-electron chi connectivity index (χ2n) is 5.22. The Morgan fingerprint density at radius 3 is 2.57 bits per heavy atom. The number of hydrogen-bond acceptors (Lipinski definition) is 4. The first-order valence-corrected chi connectivity index (χ1v) is 7.83. The fourth-order valence-corrected chi connectivity index (χ4v) is 2.73. The Bertz CT molecular complexity index is 729. The van der Waals surface area contributed by atoms with Crippen LogP contribution in [0, 0.1) is 6.92 Å². The summed E-state index contributed by atoms with van der Waals surface area (Å²) in [5, 5.41) is 15.6. The van der Waals surface area contributed by atoms with Gasteiger partial charge in [-0.05, 0) is 37.7 Å². The molecule has 2 aromatic rings. The highest BCUT2D eigenvalue weighted by Crippen LogP contribution is 2.16. The molecule has 120 valence electrons. The number of nitrogens with one attached hydrogen (secondary N) is 1. The van der Waals surface area contributed by atoms with Gasteiger partial charge in [0.05, 0.1) is 11.4 Å². The van der Waals surface area contributed by atoms with E-state index in [9.17, 15) is 4.79 Å². The van der Waals surface area contributed by atoms with Crippen molar-refractivity contribution in [1.82, 2.24) is 30.3 Å². The molecule has 0 bridgehead atoms. The molecule has 1 N–H and O–H groups in total. The van der Waals surface area contributed by atoms with Crippen molar-refractivity contribution in [2.45, 2.75) is 13.3 Å². The lowest BCUT2D eigenvalue weighted by Crippen LogP contribution is -2.48. The number of thiocarbonyl (C=S) groups is 1. The minimum atomic E-state index is -0.181. The molecular formula is C15H18N6OS. The van der Waals surface area contributed by atoms with Gasteiger partial charge in [0.25, 0.3) is 5.91 Å². The average Bonchev–Trinajstić information content (AvgIpc) is 3.21. The highest BCUT2D eigenvalue weighted by molar-refractivity contribution is 7.80. The second kappa shape index (κ2) is 6.33. The van der Waals surface area contributed by atoms with E-state index in [0.717, 1.165) is 18.7 Å². The fraction of sp³-hybridized carbons (Fsp3) is 0.333. The van der Waals surface area contributed by atoms with Crippen LogP contribution in [0.3, 0.4) is 0 Å². The number of amides is 1. The molecule has 0 unspecified atom stereocenters. The number of nitrogens with zero attached hydrogens (tertiary/aromatic N) is 5. The molecular weight excluding hydrogens is 312 g/mol. The van der Waals surface area contributed by atoms with Gasteiger partial charge in [-0.25, -0.2) is 5.01 Å². The first-order valence-electron chi connectivity index (χ1n) is 7.42. The molecule has 1 saturated heterocycles. The number of rotatable bonds is 2. The third kappa shape index (κ3) is 2.89. The summed E-state index contributed by atoms with van der Waals surface area (Å²) in [6.45, 7) is 3.13. The van der Waals surface area contributed by atoms with Crippen LogP contribution < -0.4 is 5.32 Å². The van der Waals surface area contributed by atoms with Crippen molar-refractivity contribution in [3.63, 3.8) is 0 Å². The van der Waals surface area contributed by atoms with Gasteiger partial charge in [-0.15, -0.1) is 5.10 Å². The summed E-state index contributed by atoms with van der Waals surface area (Å²) in [7, 11) is 1.75. The third-order valence-electron chi connectivity index (χ3n) is 3.69. The smallest absolute Gasteiger partial charge is 0.294 e. The van der Waals surface area contributed by atoms with Crippen LogP contribution in [-0.2, 0) is 0 Å². The summed E-state index contributed by atoms with van der Waals surface area (Å²) >= 11 is 5.26. The standard InChI is InChI=1S/C15H18N6OS/c1-11-13(18-21(17-11)12-7-4-3-5-8-12)14(22)19-9-6-10-20(19)15(23)16-2/h3-5,7-8H,6,9-10H2,1-2H3,(H,16,23). The quantitative estimate of drug-likeness (QED) is 0.833. The predicted molar refractivity (Wildman–Crippen MR) is 90.1 cm³/mol. The number of hydrazine groups is 1. The van der Waals surface area contributed by atoms with Gasteiger partial charge in [-0.3, -0.25) is 9.80 Å². The lowest BCUT2D eigenvalue weighted by molar-refractivity contribution is 0.0485. The Hall–Kier alpha value is -2.48. The molecule has 0 saturated carbocycles. The van der Waals surface area contributed by atoms with Crippen LogP contribution in [0.15, 0.2) is 30.3 Å². The van der Waals surface area contributed by atoms with E-state index in [1.165, 1.54) is 4.80 Å². The zero-order valence-corrected chi connectivity index (χ0v) is 13.9. The molecule has 1 aliphatic rings. The summed E-state index contributed by atoms with van der Waals surface area (Å²) in [6.07, 6.45) is 0.874. The monoisotopic (exact) mass is 330 g/mol. The van der Waals surface area contributed by atoms with E-state index in [1.54, 1.807) is 24.0 Å². The van der Waals surface area contributed by atoms with E-state index in [-0.39, 0.29) is 5.91 Å². The fourth-order valence-electron chi connectivity index (χ4n) is 2.54. The van der Waals surface area contributed by atoms with Gasteiger partial charge in [0, 0.05) is 20.1 Å². The first kappa shape index (κ1) is 15.4. The lowest BCUT2D eigenvalue weighted by Gasteiger charge is -2.28. The Morgan fingerprint density at radius 1 is 1.17 bits per heavy atom. The van der Waals surface area contributed by atoms with Gasteiger partial charge in [-0.2, -0.15) is 9.90 Å². The van der Waals surface area contributed by atoms with Crippen molar-refractivity contribution in [1.29, 1.82) is 0 Å². The van der Waals surface area contributed by atoms with Crippen LogP contribution in [0.5, 0.6) is 0 Å². The zero-order valence-electron chi connectivity index (χ0n) is 13.1. The number of carbonyl (C=O) groups is 1. The van der Waals surface area contributed by atoms with Crippen molar-refractivity contribution in [2.75, 3.05) is 20.1 Å². The van der Waals surface area contributed by atoms with Crippen molar-refractivity contribution in [3.05, 3.63) is 41.7 Å². The molecule has 8 heteroatoms. The number of benzene rings is 1. The van der Waals surface area contributed by atoms with Crippen molar-refractivity contribution < 1.29 is 4.79 Å². The van der Waals surface area contributed by atoms with Gasteiger partial charge < -0.3 is 5.32 Å². The Kier molecular flexibility index (Phi) is 4.24. The van der Waals surface area contributed by atoms with E-state index in [4.69, 9.17) is 12.2 Å². The van der Waals surface area contributed by atoms with Crippen LogP contribution in [0.4, 0.5) is 0 Å². The lowest BCUT2D eigenvalue weighted by atomic mass is 10.3. The zero-order chi connectivity index (χ0) is 16.4. The third-order valence-corrected chi connectivity index (χ3v) is 4.10. The van der Waals surface area contributed by atoms with Crippen molar-refractivity contribution >= 4 is 23.2 Å². The van der Waals surface area contributed by atoms with E-state index >= 15 is 0 Å². The molecule has 2 heterocycles. The minimum absolute atomic E-state index is 0.181. The molecule has 1 fully saturated rings. The van der Waals surface area contributed by atoms with E-state index in [1.807, 2.05) is 30.3 Å². The molecule has 0 atom stereocenters. The molecule has 1 aliphatic heterocycles. The van der Waals surface area contributed by atoms with Crippen molar-refractivity contribution in [3.8, 4) is 5.69 Å². The number of hydrogen-bond donors (Lipinski definition) is 1. The number of aromatic nitrogens is 3. The van der Waals surface area contributed by atoms with E-state index in [2.05, 4.69) is 15.5 Å². The molecule has 7 nitrogen and oxygen atoms in total. The van der Waals surface area contributed by atoms with Gasteiger partial charge in [-0.1, -0.05) is 18.2 Å². The largest absolute Gasteiger partial charge is 0.364 e. The summed E-state index contributed by atoms with van der Waals surface area (Å²) in [6, 6.07) is 9.52. The van der Waals surface area contributed by atoms with Gasteiger partial charge in [0.15, 0.2) is 10.8 Å². The maximum atomic E-state index is 12.8. The average molecular weight is 330 g/mol. The number of carbonyl (C=O) groups excluding carboxylic acids is 1. The van der Waals surface area contributed by atoms with E-state index in [0.29, 0.717) is 23.0 Å². The van der Waals surface area contributed by atoms with Crippen LogP contribution in [-0.4, -0.2) is 56.2 Å². The molecule has 0 aliphatic carbocycles. The van der Waals surface area contributed by atoms with Gasteiger partial charge in [0.2, 0.25) is 0 Å².